The highest BCUT2D eigenvalue weighted by Crippen LogP contribution is 2.27. The van der Waals surface area contributed by atoms with E-state index in [1.807, 2.05) is 12.1 Å². The van der Waals surface area contributed by atoms with Crippen molar-refractivity contribution in [1.29, 1.82) is 0 Å². The third-order valence-corrected chi connectivity index (χ3v) is 4.75. The molecule has 1 saturated heterocycles. The molecule has 2 atom stereocenters. The molecule has 1 aromatic rings. The molecule has 118 valence electrons. The molecule has 2 rings (SSSR count). The highest BCUT2D eigenvalue weighted by molar-refractivity contribution is 5.18. The number of ether oxygens (including phenoxy) is 1. The summed E-state index contributed by atoms with van der Waals surface area (Å²) >= 11 is 0. The third-order valence-electron chi connectivity index (χ3n) is 4.75. The van der Waals surface area contributed by atoms with Gasteiger partial charge < -0.3 is 4.74 Å². The maximum atomic E-state index is 13.0. The molecule has 1 aromatic carbocycles. The molecule has 5 heteroatoms. The summed E-state index contributed by atoms with van der Waals surface area (Å²) in [6.07, 6.45) is 1.77. The number of morpholine rings is 1. The molecule has 1 fully saturated rings. The smallest absolute Gasteiger partial charge is 0.123 e. The summed E-state index contributed by atoms with van der Waals surface area (Å²) in [5, 5.41) is 0. The van der Waals surface area contributed by atoms with Gasteiger partial charge in [0.25, 0.3) is 0 Å². The van der Waals surface area contributed by atoms with Gasteiger partial charge in [-0.2, -0.15) is 0 Å². The minimum absolute atomic E-state index is 0.0487. The molecule has 0 amide bonds. The Morgan fingerprint density at radius 1 is 1.33 bits per heavy atom. The summed E-state index contributed by atoms with van der Waals surface area (Å²) in [7, 11) is 0. The van der Waals surface area contributed by atoms with Crippen molar-refractivity contribution in [1.82, 2.24) is 10.3 Å². The number of nitrogens with one attached hydrogen (secondary N) is 1. The van der Waals surface area contributed by atoms with Crippen molar-refractivity contribution >= 4 is 0 Å². The van der Waals surface area contributed by atoms with Gasteiger partial charge >= 0.3 is 0 Å². The van der Waals surface area contributed by atoms with Gasteiger partial charge in [0, 0.05) is 24.7 Å². The van der Waals surface area contributed by atoms with E-state index in [0.29, 0.717) is 0 Å². The van der Waals surface area contributed by atoms with Crippen LogP contribution in [0.5, 0.6) is 0 Å². The monoisotopic (exact) mass is 295 g/mol. The van der Waals surface area contributed by atoms with Gasteiger partial charge in [-0.1, -0.05) is 19.1 Å². The third kappa shape index (κ3) is 3.80. The van der Waals surface area contributed by atoms with Gasteiger partial charge in [-0.15, -0.1) is 0 Å². The van der Waals surface area contributed by atoms with Crippen molar-refractivity contribution in [2.75, 3.05) is 26.3 Å². The first-order valence-electron chi connectivity index (χ1n) is 7.63. The Labute approximate surface area is 126 Å². The highest BCUT2D eigenvalue weighted by atomic mass is 19.1. The Hall–Kier alpha value is -1.01. The van der Waals surface area contributed by atoms with E-state index in [-0.39, 0.29) is 17.4 Å². The van der Waals surface area contributed by atoms with Crippen LogP contribution in [0.2, 0.25) is 0 Å². The van der Waals surface area contributed by atoms with Crippen LogP contribution in [0.15, 0.2) is 24.3 Å². The van der Waals surface area contributed by atoms with Crippen LogP contribution in [0, 0.1) is 5.82 Å². The van der Waals surface area contributed by atoms with Gasteiger partial charge in [0.2, 0.25) is 0 Å². The first-order valence-corrected chi connectivity index (χ1v) is 7.63. The van der Waals surface area contributed by atoms with E-state index in [1.165, 1.54) is 12.1 Å². The second-order valence-electron chi connectivity index (χ2n) is 5.86. The number of hydrazine groups is 1. The van der Waals surface area contributed by atoms with Crippen molar-refractivity contribution < 1.29 is 9.13 Å². The van der Waals surface area contributed by atoms with E-state index in [9.17, 15) is 4.39 Å². The molecule has 0 bridgehead atoms. The number of benzene rings is 1. The molecule has 3 N–H and O–H groups in total. The minimum Gasteiger partial charge on any atom is -0.379 e. The lowest BCUT2D eigenvalue weighted by Crippen LogP contribution is -2.63. The van der Waals surface area contributed by atoms with Gasteiger partial charge in [-0.3, -0.25) is 16.2 Å². The van der Waals surface area contributed by atoms with Crippen molar-refractivity contribution in [3.8, 4) is 0 Å². The maximum absolute atomic E-state index is 13.0. The fourth-order valence-electron chi connectivity index (χ4n) is 3.08. The molecule has 1 aliphatic heterocycles. The number of nitrogens with two attached hydrogens (primary N) is 1. The second kappa shape index (κ2) is 7.31. The summed E-state index contributed by atoms with van der Waals surface area (Å²) in [4.78, 5) is 2.45. The topological polar surface area (TPSA) is 50.5 Å². The average Bonchev–Trinajstić information content (AvgIpc) is 2.54. The van der Waals surface area contributed by atoms with Crippen LogP contribution in [-0.2, 0) is 11.2 Å². The summed E-state index contributed by atoms with van der Waals surface area (Å²) in [6.45, 7) is 7.81. The maximum Gasteiger partial charge on any atom is 0.123 e. The molecule has 0 saturated carbocycles. The van der Waals surface area contributed by atoms with Gasteiger partial charge in [-0.25, -0.2) is 4.39 Å². The lowest BCUT2D eigenvalue weighted by atomic mass is 9.83. The molecule has 0 radical (unpaired) electrons. The standard InChI is InChI=1S/C16H26FN3O/c1-3-16(2,20-8-10-21-11-9-20)15(19-18)12-13-4-6-14(17)7-5-13/h4-7,15,19H,3,8-12,18H2,1-2H3. The first kappa shape index (κ1) is 16.4. The van der Waals surface area contributed by atoms with Gasteiger partial charge in [-0.05, 0) is 37.5 Å². The van der Waals surface area contributed by atoms with Crippen molar-refractivity contribution in [3.05, 3.63) is 35.6 Å². The fraction of sp³-hybridized carbons (Fsp3) is 0.625. The largest absolute Gasteiger partial charge is 0.379 e. The van der Waals surface area contributed by atoms with E-state index >= 15 is 0 Å². The second-order valence-corrected chi connectivity index (χ2v) is 5.86. The summed E-state index contributed by atoms with van der Waals surface area (Å²) < 4.78 is 18.5. The summed E-state index contributed by atoms with van der Waals surface area (Å²) in [5.74, 6) is 5.63. The Balaban J connectivity index is 2.13. The SMILES string of the molecule is CCC(C)(C(Cc1ccc(F)cc1)NN)N1CCOCC1. The zero-order chi connectivity index (χ0) is 15.3. The fourth-order valence-corrected chi connectivity index (χ4v) is 3.08. The van der Waals surface area contributed by atoms with Gasteiger partial charge in [0.05, 0.1) is 13.2 Å². The number of hydrogen-bond donors (Lipinski definition) is 2. The highest BCUT2D eigenvalue weighted by Gasteiger charge is 2.38. The molecule has 0 aromatic heterocycles. The van der Waals surface area contributed by atoms with Crippen LogP contribution in [-0.4, -0.2) is 42.8 Å². The van der Waals surface area contributed by atoms with E-state index < -0.39 is 0 Å². The Morgan fingerprint density at radius 2 is 1.95 bits per heavy atom. The molecule has 4 nitrogen and oxygen atoms in total. The molecule has 1 aliphatic rings. The van der Waals surface area contributed by atoms with E-state index in [4.69, 9.17) is 10.6 Å². The molecule has 0 spiro atoms. The molecule has 21 heavy (non-hydrogen) atoms. The van der Waals surface area contributed by atoms with Crippen molar-refractivity contribution in [2.45, 2.75) is 38.3 Å². The van der Waals surface area contributed by atoms with Crippen LogP contribution in [0.4, 0.5) is 4.39 Å². The van der Waals surface area contributed by atoms with E-state index in [2.05, 4.69) is 24.2 Å². The molecule has 0 aliphatic carbocycles. The molecule has 2 unspecified atom stereocenters. The van der Waals surface area contributed by atoms with Crippen molar-refractivity contribution in [2.24, 2.45) is 5.84 Å². The molecular weight excluding hydrogens is 269 g/mol. The predicted molar refractivity (Wildman–Crippen MR) is 82.3 cm³/mol. The number of hydrogen-bond acceptors (Lipinski definition) is 4. The van der Waals surface area contributed by atoms with Crippen LogP contribution in [0.3, 0.4) is 0 Å². The normalized spacial score (nSPS) is 21.0. The van der Waals surface area contributed by atoms with E-state index in [0.717, 1.165) is 44.7 Å². The van der Waals surface area contributed by atoms with E-state index in [1.54, 1.807) is 0 Å². The zero-order valence-electron chi connectivity index (χ0n) is 12.9. The van der Waals surface area contributed by atoms with Gasteiger partial charge in [0.15, 0.2) is 0 Å². The van der Waals surface area contributed by atoms with Crippen LogP contribution >= 0.6 is 0 Å². The summed E-state index contributed by atoms with van der Waals surface area (Å²) in [5.41, 5.74) is 4.02. The Kier molecular flexibility index (Phi) is 5.70. The van der Waals surface area contributed by atoms with Gasteiger partial charge in [0.1, 0.15) is 5.82 Å². The minimum atomic E-state index is -0.206. The Bertz CT molecular complexity index is 434. The molecule has 1 heterocycles. The quantitative estimate of drug-likeness (QED) is 0.619. The lowest BCUT2D eigenvalue weighted by molar-refractivity contribution is -0.0322. The zero-order valence-corrected chi connectivity index (χ0v) is 12.9. The summed E-state index contributed by atoms with van der Waals surface area (Å²) in [6, 6.07) is 6.76. The van der Waals surface area contributed by atoms with Crippen LogP contribution < -0.4 is 11.3 Å². The first-order chi connectivity index (χ1) is 10.1. The van der Waals surface area contributed by atoms with Crippen molar-refractivity contribution in [3.63, 3.8) is 0 Å². The Morgan fingerprint density at radius 3 is 2.48 bits per heavy atom. The van der Waals surface area contributed by atoms with Crippen LogP contribution in [0.25, 0.3) is 0 Å². The predicted octanol–water partition coefficient (Wildman–Crippen LogP) is 1.70. The number of halogens is 1. The number of rotatable bonds is 6. The van der Waals surface area contributed by atoms with Crippen LogP contribution in [0.1, 0.15) is 25.8 Å². The number of nitrogens with zero attached hydrogens (tertiary/aromatic N) is 1. The lowest BCUT2D eigenvalue weighted by Gasteiger charge is -2.47. The average molecular weight is 295 g/mol. The molecular formula is C16H26FN3O.